The molecule has 0 saturated carbocycles. The molecule has 0 saturated heterocycles. The van der Waals surface area contributed by atoms with E-state index in [4.69, 9.17) is 4.74 Å². The molecule has 0 aliphatic heterocycles. The van der Waals surface area contributed by atoms with E-state index in [0.717, 1.165) is 22.3 Å². The number of ether oxygens (including phenoxy) is 1. The van der Waals surface area contributed by atoms with Crippen molar-refractivity contribution >= 4 is 35.3 Å². The first kappa shape index (κ1) is 25.2. The lowest BCUT2D eigenvalue weighted by Gasteiger charge is -2.09. The topological polar surface area (TPSA) is 109 Å². The molecule has 3 aromatic rings. The minimum atomic E-state index is -0.891. The Morgan fingerprint density at radius 1 is 0.829 bits per heavy atom. The van der Waals surface area contributed by atoms with Crippen LogP contribution in [0.4, 0.5) is 11.4 Å². The van der Waals surface area contributed by atoms with Gasteiger partial charge in [-0.1, -0.05) is 30.3 Å². The number of anilines is 2. The molecule has 0 fully saturated rings. The summed E-state index contributed by atoms with van der Waals surface area (Å²) >= 11 is 0. The molecule has 0 atom stereocenters. The zero-order valence-corrected chi connectivity index (χ0v) is 20.1. The van der Waals surface area contributed by atoms with Gasteiger partial charge in [0, 0.05) is 11.4 Å². The molecule has 8 heteroatoms. The van der Waals surface area contributed by atoms with Crippen molar-refractivity contribution in [2.75, 3.05) is 17.2 Å². The molecular weight excluding hydrogens is 444 g/mol. The van der Waals surface area contributed by atoms with Gasteiger partial charge in [-0.3, -0.25) is 14.4 Å². The van der Waals surface area contributed by atoms with Crippen molar-refractivity contribution < 1.29 is 19.1 Å². The quantitative estimate of drug-likeness (QED) is 0.274. The van der Waals surface area contributed by atoms with Gasteiger partial charge in [-0.15, -0.1) is 0 Å². The summed E-state index contributed by atoms with van der Waals surface area (Å²) in [4.78, 5) is 36.4. The highest BCUT2D eigenvalue weighted by atomic mass is 16.5. The van der Waals surface area contributed by atoms with Crippen molar-refractivity contribution in [3.05, 3.63) is 88.5 Å². The van der Waals surface area contributed by atoms with E-state index in [1.807, 2.05) is 52.0 Å². The van der Waals surface area contributed by atoms with Gasteiger partial charge < -0.3 is 15.4 Å². The standard InChI is InChI=1S/C27H28N4O4/c1-17-11-12-22(13-19(17)3)29-25(32)16-35-23-9-6-8-21(14-23)15-28-31-27(34)26(33)30-24-10-5-7-18(2)20(24)4/h5-15H,16H2,1-4H3,(H,29,32)(H,30,33)(H,31,34)/b28-15-. The van der Waals surface area contributed by atoms with Crippen molar-refractivity contribution in [3.8, 4) is 5.75 Å². The molecule has 0 radical (unpaired) electrons. The number of hydrazone groups is 1. The second kappa shape index (κ2) is 11.6. The third kappa shape index (κ3) is 7.26. The first-order valence-corrected chi connectivity index (χ1v) is 11.0. The van der Waals surface area contributed by atoms with E-state index < -0.39 is 11.8 Å². The maximum Gasteiger partial charge on any atom is 0.329 e. The highest BCUT2D eigenvalue weighted by Crippen LogP contribution is 2.18. The Kier molecular flexibility index (Phi) is 8.34. The second-order valence-corrected chi connectivity index (χ2v) is 8.11. The van der Waals surface area contributed by atoms with E-state index in [1.54, 1.807) is 36.4 Å². The molecule has 3 amide bonds. The summed E-state index contributed by atoms with van der Waals surface area (Å²) in [6.07, 6.45) is 1.38. The predicted molar refractivity (Wildman–Crippen MR) is 137 cm³/mol. The van der Waals surface area contributed by atoms with Crippen LogP contribution in [0.15, 0.2) is 65.8 Å². The average molecular weight is 473 g/mol. The highest BCUT2D eigenvalue weighted by Gasteiger charge is 2.14. The van der Waals surface area contributed by atoms with Crippen molar-refractivity contribution in [3.63, 3.8) is 0 Å². The Labute approximate surface area is 204 Å². The molecule has 0 heterocycles. The summed E-state index contributed by atoms with van der Waals surface area (Å²) in [5.41, 5.74) is 8.23. The molecule has 0 spiro atoms. The van der Waals surface area contributed by atoms with Gasteiger partial charge in [0.15, 0.2) is 6.61 Å². The summed E-state index contributed by atoms with van der Waals surface area (Å²) in [7, 11) is 0. The molecule has 3 aromatic carbocycles. The largest absolute Gasteiger partial charge is 0.484 e. The Bertz CT molecular complexity index is 1280. The molecule has 0 aliphatic carbocycles. The third-order valence-corrected chi connectivity index (χ3v) is 5.46. The predicted octanol–water partition coefficient (Wildman–Crippen LogP) is 4.03. The van der Waals surface area contributed by atoms with Gasteiger partial charge in [-0.05, 0) is 85.8 Å². The van der Waals surface area contributed by atoms with Crippen molar-refractivity contribution in [1.29, 1.82) is 0 Å². The van der Waals surface area contributed by atoms with E-state index >= 15 is 0 Å². The van der Waals surface area contributed by atoms with E-state index in [9.17, 15) is 14.4 Å². The van der Waals surface area contributed by atoms with Gasteiger partial charge in [0.25, 0.3) is 5.91 Å². The lowest BCUT2D eigenvalue weighted by Crippen LogP contribution is -2.32. The van der Waals surface area contributed by atoms with Crippen LogP contribution in [0.25, 0.3) is 0 Å². The molecule has 0 bridgehead atoms. The van der Waals surface area contributed by atoms with Crippen LogP contribution in [0.5, 0.6) is 5.75 Å². The van der Waals surface area contributed by atoms with Crippen molar-refractivity contribution in [2.45, 2.75) is 27.7 Å². The number of nitrogens with zero attached hydrogens (tertiary/aromatic N) is 1. The monoisotopic (exact) mass is 472 g/mol. The Morgan fingerprint density at radius 3 is 2.37 bits per heavy atom. The summed E-state index contributed by atoms with van der Waals surface area (Å²) in [6.45, 7) is 7.61. The summed E-state index contributed by atoms with van der Waals surface area (Å²) < 4.78 is 5.56. The molecule has 35 heavy (non-hydrogen) atoms. The lowest BCUT2D eigenvalue weighted by molar-refractivity contribution is -0.136. The summed E-state index contributed by atoms with van der Waals surface area (Å²) in [5, 5.41) is 9.21. The van der Waals surface area contributed by atoms with Crippen molar-refractivity contribution in [2.24, 2.45) is 5.10 Å². The van der Waals surface area contributed by atoms with Crippen molar-refractivity contribution in [1.82, 2.24) is 5.43 Å². The fraction of sp³-hybridized carbons (Fsp3) is 0.185. The summed E-state index contributed by atoms with van der Waals surface area (Å²) in [6, 6.07) is 18.0. The van der Waals surface area contributed by atoms with Gasteiger partial charge in [0.1, 0.15) is 5.75 Å². The summed E-state index contributed by atoms with van der Waals surface area (Å²) in [5.74, 6) is -1.53. The van der Waals surface area contributed by atoms with Crippen LogP contribution >= 0.6 is 0 Å². The van der Waals surface area contributed by atoms with Gasteiger partial charge >= 0.3 is 11.8 Å². The fourth-order valence-electron chi connectivity index (χ4n) is 3.13. The van der Waals surface area contributed by atoms with Gasteiger partial charge in [-0.2, -0.15) is 5.10 Å². The molecule has 0 aromatic heterocycles. The Morgan fingerprint density at radius 2 is 1.60 bits per heavy atom. The van der Waals surface area contributed by atoms with E-state index in [1.165, 1.54) is 6.21 Å². The van der Waals surface area contributed by atoms with Gasteiger partial charge in [-0.25, -0.2) is 5.43 Å². The fourth-order valence-corrected chi connectivity index (χ4v) is 3.13. The lowest BCUT2D eigenvalue weighted by atomic mass is 10.1. The van der Waals surface area contributed by atoms with Crippen LogP contribution in [-0.2, 0) is 14.4 Å². The molecule has 0 aliphatic rings. The smallest absolute Gasteiger partial charge is 0.329 e. The van der Waals surface area contributed by atoms with E-state index in [-0.39, 0.29) is 12.5 Å². The molecule has 0 unspecified atom stereocenters. The van der Waals surface area contributed by atoms with Crippen LogP contribution in [0.2, 0.25) is 0 Å². The maximum absolute atomic E-state index is 12.2. The number of carbonyl (C=O) groups is 3. The highest BCUT2D eigenvalue weighted by molar-refractivity contribution is 6.39. The molecule has 3 rings (SSSR count). The number of hydrogen-bond acceptors (Lipinski definition) is 5. The van der Waals surface area contributed by atoms with Crippen LogP contribution in [0, 0.1) is 27.7 Å². The zero-order valence-electron chi connectivity index (χ0n) is 20.1. The van der Waals surface area contributed by atoms with Crippen LogP contribution in [-0.4, -0.2) is 30.5 Å². The number of aryl methyl sites for hydroxylation is 3. The average Bonchev–Trinajstić information content (AvgIpc) is 2.83. The minimum Gasteiger partial charge on any atom is -0.484 e. The number of hydrogen-bond donors (Lipinski definition) is 3. The molecule has 3 N–H and O–H groups in total. The second-order valence-electron chi connectivity index (χ2n) is 8.11. The van der Waals surface area contributed by atoms with Gasteiger partial charge in [0.05, 0.1) is 6.21 Å². The normalized spacial score (nSPS) is 10.6. The van der Waals surface area contributed by atoms with Crippen LogP contribution < -0.4 is 20.8 Å². The maximum atomic E-state index is 12.2. The molecular formula is C27H28N4O4. The first-order chi connectivity index (χ1) is 16.7. The SMILES string of the molecule is Cc1ccc(NC(=O)COc2cccc(/C=N\NC(=O)C(=O)Nc3cccc(C)c3C)c2)cc1C. The van der Waals surface area contributed by atoms with Crippen LogP contribution in [0.3, 0.4) is 0 Å². The Hall–Kier alpha value is -4.46. The first-order valence-electron chi connectivity index (χ1n) is 11.0. The molecule has 180 valence electrons. The van der Waals surface area contributed by atoms with Gasteiger partial charge in [0.2, 0.25) is 0 Å². The number of rotatable bonds is 7. The Balaban J connectivity index is 1.50. The number of benzene rings is 3. The van der Waals surface area contributed by atoms with E-state index in [2.05, 4.69) is 21.2 Å². The number of carbonyl (C=O) groups excluding carboxylic acids is 3. The third-order valence-electron chi connectivity index (χ3n) is 5.46. The number of amides is 3. The van der Waals surface area contributed by atoms with E-state index in [0.29, 0.717) is 22.7 Å². The minimum absolute atomic E-state index is 0.164. The van der Waals surface area contributed by atoms with Crippen LogP contribution in [0.1, 0.15) is 27.8 Å². The zero-order chi connectivity index (χ0) is 25.4. The number of nitrogens with one attached hydrogen (secondary N) is 3. The molecule has 8 nitrogen and oxygen atoms in total.